The molecule has 0 aliphatic heterocycles. The first-order valence-electron chi connectivity index (χ1n) is 14.4. The van der Waals surface area contributed by atoms with Crippen LogP contribution in [0.3, 0.4) is 0 Å². The maximum Gasteiger partial charge on any atom is 0.297 e. The van der Waals surface area contributed by atoms with Gasteiger partial charge in [-0.15, -0.1) is 0 Å². The third-order valence-electron chi connectivity index (χ3n) is 6.85. The molecular weight excluding hydrogens is 512 g/mol. The molecule has 6 heteroatoms. The summed E-state index contributed by atoms with van der Waals surface area (Å²) in [5.41, 5.74) is 4.43. The number of carbonyl (C=O) groups excluding carboxylic acids is 1. The monoisotopic (exact) mass is 556 g/mol. The lowest BCUT2D eigenvalue weighted by molar-refractivity contribution is -0.111. The minimum atomic E-state index is -0.270. The van der Waals surface area contributed by atoms with Gasteiger partial charge in [0.05, 0.1) is 12.1 Å². The Labute approximate surface area is 244 Å². The minimum absolute atomic E-state index is 0.223. The van der Waals surface area contributed by atoms with E-state index in [2.05, 4.69) is 52.1 Å². The van der Waals surface area contributed by atoms with Gasteiger partial charge in [0.25, 0.3) is 5.56 Å². The predicted octanol–water partition coefficient (Wildman–Crippen LogP) is 8.08. The highest BCUT2D eigenvalue weighted by molar-refractivity contribution is 6.03. The van der Waals surface area contributed by atoms with Crippen LogP contribution in [0.2, 0.25) is 0 Å². The van der Waals surface area contributed by atoms with Crippen molar-refractivity contribution in [3.8, 4) is 11.5 Å². The second kappa shape index (κ2) is 15.7. The lowest BCUT2D eigenvalue weighted by atomic mass is 10.1. The normalized spacial score (nSPS) is 12.4. The lowest BCUT2D eigenvalue weighted by Crippen LogP contribution is -2.23. The van der Waals surface area contributed by atoms with Gasteiger partial charge >= 0.3 is 0 Å². The summed E-state index contributed by atoms with van der Waals surface area (Å²) >= 11 is 0. The SMILES string of the molecule is CCCC(C)COc1c(OCC=C(C)CCC=C(C)C)c2ccc(NC(=O)C=Cc3ccccc3)cc2n(C)c1=O. The molecule has 0 aliphatic rings. The van der Waals surface area contributed by atoms with Gasteiger partial charge in [0, 0.05) is 24.2 Å². The first kappa shape index (κ1) is 31.5. The number of ether oxygens (including phenoxy) is 2. The van der Waals surface area contributed by atoms with E-state index in [-0.39, 0.29) is 17.2 Å². The number of amides is 1. The fraction of sp³-hybridized carbons (Fsp3) is 0.371. The molecule has 2 aromatic carbocycles. The number of allylic oxidation sites excluding steroid dienone is 3. The van der Waals surface area contributed by atoms with Crippen molar-refractivity contribution < 1.29 is 14.3 Å². The van der Waals surface area contributed by atoms with Crippen molar-refractivity contribution in [3.05, 3.63) is 93.8 Å². The van der Waals surface area contributed by atoms with Crippen LogP contribution >= 0.6 is 0 Å². The molecule has 1 heterocycles. The van der Waals surface area contributed by atoms with Crippen molar-refractivity contribution in [2.24, 2.45) is 13.0 Å². The number of nitrogens with one attached hydrogen (secondary N) is 1. The summed E-state index contributed by atoms with van der Waals surface area (Å²) in [5.74, 6) is 0.711. The summed E-state index contributed by atoms with van der Waals surface area (Å²) in [6.45, 7) is 11.3. The average Bonchev–Trinajstić information content (AvgIpc) is 2.94. The summed E-state index contributed by atoms with van der Waals surface area (Å²) in [5, 5.41) is 3.65. The fourth-order valence-corrected chi connectivity index (χ4v) is 4.51. The number of benzene rings is 2. The molecule has 0 fully saturated rings. The molecule has 6 nitrogen and oxygen atoms in total. The molecule has 1 amide bonds. The molecule has 0 aliphatic carbocycles. The van der Waals surface area contributed by atoms with Crippen LogP contribution in [0.4, 0.5) is 5.69 Å². The number of nitrogens with zero attached hydrogens (tertiary/aromatic N) is 1. The molecule has 0 saturated heterocycles. The summed E-state index contributed by atoms with van der Waals surface area (Å²) in [7, 11) is 1.71. The first-order valence-corrected chi connectivity index (χ1v) is 14.4. The standard InChI is InChI=1S/C35H44N2O4/c1-7-12-27(5)24-41-34-33(40-22-21-26(4)14-11-13-25(2)3)30-19-18-29(23-31(30)37(6)35(34)39)36-32(38)20-17-28-15-9-8-10-16-28/h8-10,13,15-21,23,27H,7,11-12,14,22,24H2,1-6H3,(H,36,38). The van der Waals surface area contributed by atoms with Gasteiger partial charge in [-0.25, -0.2) is 0 Å². The van der Waals surface area contributed by atoms with Gasteiger partial charge in [0.2, 0.25) is 11.7 Å². The van der Waals surface area contributed by atoms with Gasteiger partial charge in [0.1, 0.15) is 6.61 Å². The quantitative estimate of drug-likeness (QED) is 0.161. The number of anilines is 1. The summed E-state index contributed by atoms with van der Waals surface area (Å²) in [4.78, 5) is 26.1. The van der Waals surface area contributed by atoms with Crippen molar-refractivity contribution in [1.82, 2.24) is 4.57 Å². The molecule has 218 valence electrons. The highest BCUT2D eigenvalue weighted by Crippen LogP contribution is 2.34. The van der Waals surface area contributed by atoms with Crippen LogP contribution in [0.5, 0.6) is 11.5 Å². The molecule has 41 heavy (non-hydrogen) atoms. The van der Waals surface area contributed by atoms with Crippen LogP contribution in [0.1, 0.15) is 65.9 Å². The molecule has 3 rings (SSSR count). The Morgan fingerprint density at radius 3 is 2.49 bits per heavy atom. The van der Waals surface area contributed by atoms with E-state index in [1.807, 2.05) is 42.5 Å². The molecule has 0 saturated carbocycles. The van der Waals surface area contributed by atoms with E-state index in [9.17, 15) is 9.59 Å². The van der Waals surface area contributed by atoms with E-state index in [1.54, 1.807) is 23.8 Å². The third-order valence-corrected chi connectivity index (χ3v) is 6.85. The predicted molar refractivity (Wildman–Crippen MR) is 171 cm³/mol. The second-order valence-corrected chi connectivity index (χ2v) is 10.9. The number of aryl methyl sites for hydroxylation is 1. The van der Waals surface area contributed by atoms with Crippen LogP contribution < -0.4 is 20.3 Å². The first-order chi connectivity index (χ1) is 19.7. The highest BCUT2D eigenvalue weighted by atomic mass is 16.5. The van der Waals surface area contributed by atoms with Gasteiger partial charge in [-0.05, 0) is 81.9 Å². The van der Waals surface area contributed by atoms with Gasteiger partial charge in [-0.1, -0.05) is 67.8 Å². The fourth-order valence-electron chi connectivity index (χ4n) is 4.51. The molecule has 0 radical (unpaired) electrons. The number of rotatable bonds is 14. The maximum atomic E-state index is 13.5. The molecule has 1 aromatic heterocycles. The van der Waals surface area contributed by atoms with Crippen LogP contribution in [0.15, 0.2) is 82.7 Å². The molecule has 0 bridgehead atoms. The highest BCUT2D eigenvalue weighted by Gasteiger charge is 2.20. The Balaban J connectivity index is 1.90. The Morgan fingerprint density at radius 1 is 1.02 bits per heavy atom. The van der Waals surface area contributed by atoms with E-state index in [1.165, 1.54) is 17.2 Å². The van der Waals surface area contributed by atoms with Crippen molar-refractivity contribution in [3.63, 3.8) is 0 Å². The van der Waals surface area contributed by atoms with Crippen LogP contribution in [0, 0.1) is 5.92 Å². The van der Waals surface area contributed by atoms with Crippen LogP contribution in [0.25, 0.3) is 17.0 Å². The maximum absolute atomic E-state index is 13.5. The van der Waals surface area contributed by atoms with Gasteiger partial charge < -0.3 is 19.4 Å². The molecule has 0 spiro atoms. The Kier molecular flexibility index (Phi) is 12.0. The zero-order valence-electron chi connectivity index (χ0n) is 25.3. The number of carbonyl (C=O) groups is 1. The van der Waals surface area contributed by atoms with Gasteiger partial charge in [-0.3, -0.25) is 9.59 Å². The second-order valence-electron chi connectivity index (χ2n) is 10.9. The topological polar surface area (TPSA) is 69.6 Å². The van der Waals surface area contributed by atoms with E-state index in [0.717, 1.165) is 36.6 Å². The summed E-state index contributed by atoms with van der Waals surface area (Å²) in [6, 6.07) is 15.1. The average molecular weight is 557 g/mol. The lowest BCUT2D eigenvalue weighted by Gasteiger charge is -2.19. The Hall–Kier alpha value is -4.06. The summed E-state index contributed by atoms with van der Waals surface area (Å²) < 4.78 is 13.9. The van der Waals surface area contributed by atoms with Gasteiger partial charge in [-0.2, -0.15) is 0 Å². The van der Waals surface area contributed by atoms with Crippen LogP contribution in [-0.4, -0.2) is 23.7 Å². The largest absolute Gasteiger partial charge is 0.485 e. The minimum Gasteiger partial charge on any atom is -0.485 e. The zero-order chi connectivity index (χ0) is 29.8. The molecule has 1 atom stereocenters. The van der Waals surface area contributed by atoms with E-state index in [4.69, 9.17) is 9.47 Å². The molecule has 3 aromatic rings. The van der Waals surface area contributed by atoms with Crippen molar-refractivity contribution in [2.45, 2.75) is 60.3 Å². The number of aromatic nitrogens is 1. The molecular formula is C35H44N2O4. The summed E-state index contributed by atoms with van der Waals surface area (Å²) in [6.07, 6.45) is 11.5. The number of hydrogen-bond donors (Lipinski definition) is 1. The molecule has 1 N–H and O–H groups in total. The van der Waals surface area contributed by atoms with Crippen molar-refractivity contribution in [2.75, 3.05) is 18.5 Å². The van der Waals surface area contributed by atoms with Gasteiger partial charge in [0.15, 0.2) is 5.75 Å². The van der Waals surface area contributed by atoms with Crippen LogP contribution in [-0.2, 0) is 11.8 Å². The van der Waals surface area contributed by atoms with E-state index in [0.29, 0.717) is 36.1 Å². The smallest absolute Gasteiger partial charge is 0.297 e. The molecule has 1 unspecified atom stereocenters. The number of hydrogen-bond acceptors (Lipinski definition) is 4. The number of pyridine rings is 1. The Morgan fingerprint density at radius 2 is 1.78 bits per heavy atom. The van der Waals surface area contributed by atoms with E-state index >= 15 is 0 Å². The van der Waals surface area contributed by atoms with Crippen molar-refractivity contribution in [1.29, 1.82) is 0 Å². The Bertz CT molecular complexity index is 1460. The van der Waals surface area contributed by atoms with Crippen molar-refractivity contribution >= 4 is 28.6 Å². The third kappa shape index (κ3) is 9.52. The van der Waals surface area contributed by atoms with E-state index < -0.39 is 0 Å². The zero-order valence-corrected chi connectivity index (χ0v) is 25.3. The number of fused-ring (bicyclic) bond motifs is 1.